The summed E-state index contributed by atoms with van der Waals surface area (Å²) in [6, 6.07) is 14.0. The molecule has 0 N–H and O–H groups in total. The van der Waals surface area contributed by atoms with Crippen molar-refractivity contribution in [3.8, 4) is 11.5 Å². The topological polar surface area (TPSA) is 51.2 Å². The average Bonchev–Trinajstić information content (AvgIpc) is 2.96. The van der Waals surface area contributed by atoms with Gasteiger partial charge in [-0.1, -0.05) is 23.8 Å². The number of carbonyl (C=O) groups excluding carboxylic acids is 1. The number of amides is 1. The Morgan fingerprint density at radius 3 is 2.62 bits per heavy atom. The zero-order chi connectivity index (χ0) is 20.1. The monoisotopic (exact) mass is 396 g/mol. The fourth-order valence-electron chi connectivity index (χ4n) is 3.65. The second kappa shape index (κ2) is 9.29. The van der Waals surface area contributed by atoms with Crippen molar-refractivity contribution in [3.63, 3.8) is 0 Å². The molecule has 0 saturated carbocycles. The largest absolute Gasteiger partial charge is 0.491 e. The Bertz CT molecular complexity index is 831. The molecular weight excluding hydrogens is 368 g/mol. The molecule has 0 unspecified atom stereocenters. The summed E-state index contributed by atoms with van der Waals surface area (Å²) in [5.41, 5.74) is 3.45. The molecule has 6 heteroatoms. The number of morpholine rings is 1. The van der Waals surface area contributed by atoms with Crippen molar-refractivity contribution in [2.24, 2.45) is 0 Å². The van der Waals surface area contributed by atoms with E-state index in [1.807, 2.05) is 42.2 Å². The smallest absolute Gasteiger partial charge is 0.260 e. The van der Waals surface area contributed by atoms with Crippen molar-refractivity contribution in [2.75, 3.05) is 46.1 Å². The highest BCUT2D eigenvalue weighted by Gasteiger charge is 2.21. The highest BCUT2D eigenvalue weighted by Crippen LogP contribution is 2.25. The standard InChI is InChI=1S/C23H28N2O4/c1-18-2-5-21(6-3-18)29-17-23(26)25-10-13-28-22-7-4-19(14-20(22)16-25)15-24-8-11-27-12-9-24/h2-7,14H,8-13,15-17H2,1H3. The van der Waals surface area contributed by atoms with Crippen LogP contribution in [0.2, 0.25) is 0 Å². The number of hydrogen-bond acceptors (Lipinski definition) is 5. The number of aryl methyl sites for hydroxylation is 1. The molecule has 1 fully saturated rings. The van der Waals surface area contributed by atoms with Crippen LogP contribution in [0.25, 0.3) is 0 Å². The summed E-state index contributed by atoms with van der Waals surface area (Å²) in [5, 5.41) is 0. The second-order valence-electron chi connectivity index (χ2n) is 7.60. The Morgan fingerprint density at radius 2 is 1.83 bits per heavy atom. The molecule has 6 nitrogen and oxygen atoms in total. The number of hydrogen-bond donors (Lipinski definition) is 0. The minimum absolute atomic E-state index is 0.0272. The van der Waals surface area contributed by atoms with E-state index in [0.717, 1.165) is 49.7 Å². The summed E-state index contributed by atoms with van der Waals surface area (Å²) in [6.07, 6.45) is 0. The van der Waals surface area contributed by atoms with Crippen LogP contribution >= 0.6 is 0 Å². The van der Waals surface area contributed by atoms with Gasteiger partial charge in [-0.3, -0.25) is 9.69 Å². The normalized spacial score (nSPS) is 17.2. The van der Waals surface area contributed by atoms with E-state index in [1.165, 1.54) is 5.56 Å². The molecule has 29 heavy (non-hydrogen) atoms. The van der Waals surface area contributed by atoms with Crippen LogP contribution in [0.15, 0.2) is 42.5 Å². The maximum absolute atomic E-state index is 12.7. The van der Waals surface area contributed by atoms with Crippen molar-refractivity contribution in [1.82, 2.24) is 9.80 Å². The zero-order valence-corrected chi connectivity index (χ0v) is 16.9. The van der Waals surface area contributed by atoms with Gasteiger partial charge in [0.05, 0.1) is 19.8 Å². The molecule has 154 valence electrons. The lowest BCUT2D eigenvalue weighted by atomic mass is 10.1. The number of rotatable bonds is 5. The van der Waals surface area contributed by atoms with E-state index in [1.54, 1.807) is 0 Å². The number of nitrogens with zero attached hydrogens (tertiary/aromatic N) is 2. The zero-order valence-electron chi connectivity index (χ0n) is 16.9. The summed E-state index contributed by atoms with van der Waals surface area (Å²) in [7, 11) is 0. The molecule has 2 aromatic carbocycles. The van der Waals surface area contributed by atoms with Crippen LogP contribution in [-0.4, -0.2) is 61.8 Å². The first-order valence-corrected chi connectivity index (χ1v) is 10.2. The van der Waals surface area contributed by atoms with Gasteiger partial charge in [0.25, 0.3) is 5.91 Å². The predicted molar refractivity (Wildman–Crippen MR) is 110 cm³/mol. The van der Waals surface area contributed by atoms with Gasteiger partial charge in [-0.25, -0.2) is 0 Å². The van der Waals surface area contributed by atoms with Crippen LogP contribution < -0.4 is 9.47 Å². The number of carbonyl (C=O) groups is 1. The first-order valence-electron chi connectivity index (χ1n) is 10.2. The summed E-state index contributed by atoms with van der Waals surface area (Å²) in [6.45, 7) is 8.03. The molecule has 0 aromatic heterocycles. The maximum atomic E-state index is 12.7. The van der Waals surface area contributed by atoms with Crippen LogP contribution in [0.4, 0.5) is 0 Å². The van der Waals surface area contributed by atoms with E-state index in [9.17, 15) is 4.79 Å². The molecule has 4 rings (SSSR count). The fourth-order valence-corrected chi connectivity index (χ4v) is 3.65. The van der Waals surface area contributed by atoms with Gasteiger partial charge in [0.2, 0.25) is 0 Å². The summed E-state index contributed by atoms with van der Waals surface area (Å²) >= 11 is 0. The third kappa shape index (κ3) is 5.28. The van der Waals surface area contributed by atoms with Crippen LogP contribution in [-0.2, 0) is 22.6 Å². The summed E-state index contributed by atoms with van der Waals surface area (Å²) < 4.78 is 17.0. The molecule has 2 aliphatic rings. The number of benzene rings is 2. The molecule has 1 saturated heterocycles. The maximum Gasteiger partial charge on any atom is 0.260 e. The minimum atomic E-state index is -0.0272. The Kier molecular flexibility index (Phi) is 6.32. The Hall–Kier alpha value is -2.57. The molecule has 0 atom stereocenters. The number of fused-ring (bicyclic) bond motifs is 1. The highest BCUT2D eigenvalue weighted by molar-refractivity contribution is 5.78. The van der Waals surface area contributed by atoms with Crippen LogP contribution in [0.3, 0.4) is 0 Å². The van der Waals surface area contributed by atoms with E-state index in [2.05, 4.69) is 17.0 Å². The molecule has 0 aliphatic carbocycles. The van der Waals surface area contributed by atoms with E-state index < -0.39 is 0 Å². The first-order chi connectivity index (χ1) is 14.2. The highest BCUT2D eigenvalue weighted by atomic mass is 16.5. The van der Waals surface area contributed by atoms with Gasteiger partial charge < -0.3 is 19.1 Å². The molecular formula is C23H28N2O4. The molecule has 0 spiro atoms. The second-order valence-corrected chi connectivity index (χ2v) is 7.60. The van der Waals surface area contributed by atoms with Crippen LogP contribution in [0.1, 0.15) is 16.7 Å². The molecule has 1 amide bonds. The molecule has 0 bridgehead atoms. The van der Waals surface area contributed by atoms with Crippen molar-refractivity contribution in [2.45, 2.75) is 20.0 Å². The van der Waals surface area contributed by atoms with Gasteiger partial charge in [-0.2, -0.15) is 0 Å². The van der Waals surface area contributed by atoms with Gasteiger partial charge in [-0.05, 0) is 36.8 Å². The van der Waals surface area contributed by atoms with Crippen molar-refractivity contribution < 1.29 is 19.0 Å². The third-order valence-corrected chi connectivity index (χ3v) is 5.35. The van der Waals surface area contributed by atoms with Crippen LogP contribution in [0.5, 0.6) is 11.5 Å². The molecule has 2 aliphatic heterocycles. The lowest BCUT2D eigenvalue weighted by molar-refractivity contribution is -0.134. The molecule has 0 radical (unpaired) electrons. The van der Waals surface area contributed by atoms with Gasteiger partial charge >= 0.3 is 0 Å². The summed E-state index contributed by atoms with van der Waals surface area (Å²) in [4.78, 5) is 16.9. The van der Waals surface area contributed by atoms with Crippen molar-refractivity contribution >= 4 is 5.91 Å². The third-order valence-electron chi connectivity index (χ3n) is 5.35. The Labute approximate surface area is 172 Å². The summed E-state index contributed by atoms with van der Waals surface area (Å²) in [5.74, 6) is 1.55. The van der Waals surface area contributed by atoms with E-state index in [4.69, 9.17) is 14.2 Å². The quantitative estimate of drug-likeness (QED) is 0.778. The van der Waals surface area contributed by atoms with Gasteiger partial charge in [-0.15, -0.1) is 0 Å². The van der Waals surface area contributed by atoms with Crippen molar-refractivity contribution in [1.29, 1.82) is 0 Å². The lowest BCUT2D eigenvalue weighted by Gasteiger charge is -2.27. The van der Waals surface area contributed by atoms with Gasteiger partial charge in [0.1, 0.15) is 18.1 Å². The predicted octanol–water partition coefficient (Wildman–Crippen LogP) is 2.63. The van der Waals surface area contributed by atoms with E-state index >= 15 is 0 Å². The number of ether oxygens (including phenoxy) is 3. The van der Waals surface area contributed by atoms with E-state index in [0.29, 0.717) is 25.4 Å². The lowest BCUT2D eigenvalue weighted by Crippen LogP contribution is -2.36. The SMILES string of the molecule is Cc1ccc(OCC(=O)N2CCOc3ccc(CN4CCOCC4)cc3C2)cc1. The van der Waals surface area contributed by atoms with Crippen molar-refractivity contribution in [3.05, 3.63) is 59.2 Å². The minimum Gasteiger partial charge on any atom is -0.491 e. The Balaban J connectivity index is 1.38. The molecule has 2 heterocycles. The molecule has 2 aromatic rings. The first kappa shape index (κ1) is 19.7. The average molecular weight is 396 g/mol. The van der Waals surface area contributed by atoms with Gasteiger partial charge in [0.15, 0.2) is 6.61 Å². The fraction of sp³-hybridized carbons (Fsp3) is 0.435. The Morgan fingerprint density at radius 1 is 1.03 bits per heavy atom. The van der Waals surface area contributed by atoms with Gasteiger partial charge in [0, 0.05) is 31.7 Å². The van der Waals surface area contributed by atoms with E-state index in [-0.39, 0.29) is 12.5 Å². The van der Waals surface area contributed by atoms with Crippen LogP contribution in [0, 0.1) is 6.92 Å².